The van der Waals surface area contributed by atoms with Crippen molar-refractivity contribution in [3.8, 4) is 0 Å². The summed E-state index contributed by atoms with van der Waals surface area (Å²) >= 11 is 0. The Morgan fingerprint density at radius 3 is 2.67 bits per heavy atom. The maximum absolute atomic E-state index is 11.8. The molecule has 4 N–H and O–H groups in total. The van der Waals surface area contributed by atoms with Crippen LogP contribution in [0.4, 0.5) is 0 Å². The van der Waals surface area contributed by atoms with E-state index >= 15 is 0 Å². The fraction of sp³-hybridized carbons (Fsp3) is 0.923. The third kappa shape index (κ3) is 7.21. The first kappa shape index (κ1) is 18.3. The molecule has 1 amide bonds. The lowest BCUT2D eigenvalue weighted by molar-refractivity contribution is -0.124. The van der Waals surface area contributed by atoms with Crippen LogP contribution in [0.2, 0.25) is 0 Å². The average Bonchev–Trinajstić information content (AvgIpc) is 2.45. The Bertz CT molecular complexity index is 419. The third-order valence-corrected chi connectivity index (χ3v) is 5.03. The Kier molecular flexibility index (Phi) is 7.58. The van der Waals surface area contributed by atoms with Crippen LogP contribution in [0.3, 0.4) is 0 Å². The number of nitrogens with one attached hydrogen (secondary N) is 2. The number of hydrogen-bond donors (Lipinski definition) is 3. The van der Waals surface area contributed by atoms with E-state index in [9.17, 15) is 13.2 Å². The van der Waals surface area contributed by atoms with Crippen LogP contribution >= 0.6 is 0 Å². The molecule has 0 spiro atoms. The molecule has 124 valence electrons. The molecule has 1 saturated heterocycles. The lowest BCUT2D eigenvalue weighted by atomic mass is 10.0. The Hall–Kier alpha value is -0.700. The molecule has 0 saturated carbocycles. The van der Waals surface area contributed by atoms with Crippen molar-refractivity contribution in [1.29, 1.82) is 0 Å². The second kappa shape index (κ2) is 8.67. The van der Waals surface area contributed by atoms with E-state index < -0.39 is 10.0 Å². The van der Waals surface area contributed by atoms with E-state index in [1.54, 1.807) is 13.8 Å². The fourth-order valence-electron chi connectivity index (χ4n) is 1.97. The highest BCUT2D eigenvalue weighted by Crippen LogP contribution is 2.11. The zero-order chi connectivity index (χ0) is 15.9. The molecule has 0 aromatic rings. The molecule has 3 atom stereocenters. The van der Waals surface area contributed by atoms with Crippen molar-refractivity contribution in [2.45, 2.75) is 45.3 Å². The quantitative estimate of drug-likeness (QED) is 0.562. The first-order chi connectivity index (χ1) is 9.82. The van der Waals surface area contributed by atoms with E-state index in [1.807, 2.05) is 0 Å². The Labute approximate surface area is 127 Å². The highest BCUT2D eigenvalue weighted by molar-refractivity contribution is 7.89. The second-order valence-corrected chi connectivity index (χ2v) is 7.52. The van der Waals surface area contributed by atoms with Gasteiger partial charge in [-0.3, -0.25) is 4.79 Å². The number of carbonyl (C=O) groups excluding carboxylic acids is 1. The third-order valence-electron chi connectivity index (χ3n) is 3.68. The number of rotatable bonds is 8. The first-order valence-corrected chi connectivity index (χ1v) is 9.09. The van der Waals surface area contributed by atoms with Gasteiger partial charge in [0.05, 0.1) is 11.9 Å². The molecular formula is C13H27N3O4S. The van der Waals surface area contributed by atoms with Gasteiger partial charge in [0.1, 0.15) is 0 Å². The zero-order valence-electron chi connectivity index (χ0n) is 12.8. The Balaban J connectivity index is 2.24. The van der Waals surface area contributed by atoms with E-state index in [4.69, 9.17) is 10.5 Å². The van der Waals surface area contributed by atoms with Crippen molar-refractivity contribution >= 4 is 15.9 Å². The molecule has 0 aromatic carbocycles. The van der Waals surface area contributed by atoms with Gasteiger partial charge in [-0.2, -0.15) is 0 Å². The molecular weight excluding hydrogens is 294 g/mol. The average molecular weight is 321 g/mol. The van der Waals surface area contributed by atoms with Crippen LogP contribution in [0.1, 0.15) is 33.1 Å². The topological polar surface area (TPSA) is 111 Å². The molecule has 1 fully saturated rings. The lowest BCUT2D eigenvalue weighted by Gasteiger charge is -2.22. The molecule has 0 radical (unpaired) electrons. The number of carbonyl (C=O) groups is 1. The predicted octanol–water partition coefficient (Wildman–Crippen LogP) is -0.426. The van der Waals surface area contributed by atoms with Crippen LogP contribution in [0.25, 0.3) is 0 Å². The van der Waals surface area contributed by atoms with Crippen molar-refractivity contribution in [2.24, 2.45) is 11.7 Å². The summed E-state index contributed by atoms with van der Waals surface area (Å²) in [6.07, 6.45) is 2.94. The van der Waals surface area contributed by atoms with Gasteiger partial charge in [-0.1, -0.05) is 6.92 Å². The molecule has 1 aliphatic rings. The standard InChI is InChI=1S/C13H27N3O4S/c1-10(11(2)14)13(17)15-6-8-21(18,19)16-9-12-5-3-4-7-20-12/h10-12,16H,3-9,14H2,1-2H3,(H,15,17). The maximum atomic E-state index is 11.8. The summed E-state index contributed by atoms with van der Waals surface area (Å²) in [7, 11) is -3.40. The van der Waals surface area contributed by atoms with Gasteiger partial charge >= 0.3 is 0 Å². The molecule has 0 aliphatic carbocycles. The van der Waals surface area contributed by atoms with Crippen LogP contribution in [0, 0.1) is 5.92 Å². The Morgan fingerprint density at radius 2 is 2.10 bits per heavy atom. The van der Waals surface area contributed by atoms with Gasteiger partial charge in [-0.05, 0) is 26.2 Å². The van der Waals surface area contributed by atoms with Crippen LogP contribution < -0.4 is 15.8 Å². The molecule has 0 bridgehead atoms. The van der Waals surface area contributed by atoms with E-state index in [1.165, 1.54) is 0 Å². The second-order valence-electron chi connectivity index (χ2n) is 5.59. The highest BCUT2D eigenvalue weighted by atomic mass is 32.2. The first-order valence-electron chi connectivity index (χ1n) is 7.44. The summed E-state index contributed by atoms with van der Waals surface area (Å²) in [6, 6.07) is -0.261. The van der Waals surface area contributed by atoms with E-state index in [0.717, 1.165) is 19.3 Å². The number of amides is 1. The van der Waals surface area contributed by atoms with Crippen LogP contribution in [-0.4, -0.2) is 51.9 Å². The lowest BCUT2D eigenvalue weighted by Crippen LogP contribution is -2.42. The van der Waals surface area contributed by atoms with Crippen molar-refractivity contribution in [3.63, 3.8) is 0 Å². The van der Waals surface area contributed by atoms with Crippen molar-refractivity contribution in [1.82, 2.24) is 10.0 Å². The van der Waals surface area contributed by atoms with Crippen LogP contribution in [0.5, 0.6) is 0 Å². The fourth-order valence-corrected chi connectivity index (χ4v) is 2.92. The molecule has 7 nitrogen and oxygen atoms in total. The number of ether oxygens (including phenoxy) is 1. The van der Waals surface area contributed by atoms with Gasteiger partial charge in [-0.15, -0.1) is 0 Å². The molecule has 3 unspecified atom stereocenters. The summed E-state index contributed by atoms with van der Waals surface area (Å²) in [6.45, 7) is 4.53. The van der Waals surface area contributed by atoms with Gasteiger partial charge in [0, 0.05) is 31.7 Å². The summed E-state index contributed by atoms with van der Waals surface area (Å²) in [5, 5.41) is 2.59. The van der Waals surface area contributed by atoms with Crippen molar-refractivity contribution in [3.05, 3.63) is 0 Å². The van der Waals surface area contributed by atoms with Crippen LogP contribution in [-0.2, 0) is 19.6 Å². The molecule has 0 aromatic heterocycles. The summed E-state index contributed by atoms with van der Waals surface area (Å²) in [4.78, 5) is 11.6. The largest absolute Gasteiger partial charge is 0.377 e. The molecule has 21 heavy (non-hydrogen) atoms. The SMILES string of the molecule is CC(N)C(C)C(=O)NCCS(=O)(=O)NCC1CCCCO1. The smallest absolute Gasteiger partial charge is 0.224 e. The van der Waals surface area contributed by atoms with Crippen LogP contribution in [0.15, 0.2) is 0 Å². The molecule has 8 heteroatoms. The van der Waals surface area contributed by atoms with Gasteiger partial charge in [0.15, 0.2) is 0 Å². The Morgan fingerprint density at radius 1 is 1.38 bits per heavy atom. The summed E-state index contributed by atoms with van der Waals surface area (Å²) in [5.41, 5.74) is 5.62. The van der Waals surface area contributed by atoms with Gasteiger partial charge in [0.25, 0.3) is 0 Å². The molecule has 1 heterocycles. The summed E-state index contributed by atoms with van der Waals surface area (Å²) in [5.74, 6) is -0.705. The molecule has 1 aliphatic heterocycles. The summed E-state index contributed by atoms with van der Waals surface area (Å²) < 4.78 is 31.6. The predicted molar refractivity (Wildman–Crippen MR) is 81.2 cm³/mol. The zero-order valence-corrected chi connectivity index (χ0v) is 13.6. The van der Waals surface area contributed by atoms with Crippen molar-refractivity contribution < 1.29 is 17.9 Å². The van der Waals surface area contributed by atoms with E-state index in [0.29, 0.717) is 13.2 Å². The monoisotopic (exact) mass is 321 g/mol. The number of hydrogen-bond acceptors (Lipinski definition) is 5. The minimum Gasteiger partial charge on any atom is -0.377 e. The maximum Gasteiger partial charge on any atom is 0.224 e. The highest BCUT2D eigenvalue weighted by Gasteiger charge is 2.19. The van der Waals surface area contributed by atoms with Gasteiger partial charge in [0.2, 0.25) is 15.9 Å². The minimum atomic E-state index is -3.40. The van der Waals surface area contributed by atoms with E-state index in [-0.39, 0.29) is 36.3 Å². The number of nitrogens with two attached hydrogens (primary N) is 1. The number of sulfonamides is 1. The minimum absolute atomic E-state index is 0.0405. The van der Waals surface area contributed by atoms with Gasteiger partial charge in [-0.25, -0.2) is 13.1 Å². The molecule has 1 rings (SSSR count). The van der Waals surface area contributed by atoms with Crippen molar-refractivity contribution in [2.75, 3.05) is 25.4 Å². The van der Waals surface area contributed by atoms with Gasteiger partial charge < -0.3 is 15.8 Å². The normalized spacial score (nSPS) is 22.5. The van der Waals surface area contributed by atoms with E-state index in [2.05, 4.69) is 10.0 Å².